The maximum Gasteiger partial charge on any atom is 0.239 e. The number of nitrogens with zero attached hydrogens (tertiary/aromatic N) is 3. The fraction of sp³-hybridized carbons (Fsp3) is 0.474. The van der Waals surface area contributed by atoms with Gasteiger partial charge in [0, 0.05) is 39.2 Å². The molecule has 2 heterocycles. The molecule has 1 unspecified atom stereocenters. The molecule has 0 radical (unpaired) electrons. The van der Waals surface area contributed by atoms with Crippen LogP contribution >= 0.6 is 24.8 Å². The number of imidazole rings is 1. The predicted octanol–water partition coefficient (Wildman–Crippen LogP) is 2.49. The van der Waals surface area contributed by atoms with Gasteiger partial charge in [-0.05, 0) is 24.3 Å². The Hall–Kier alpha value is -1.60. The summed E-state index contributed by atoms with van der Waals surface area (Å²) in [6.07, 6.45) is 5.42. The molecule has 0 aliphatic carbocycles. The Balaban J connectivity index is 0.00000182. The third-order valence-electron chi connectivity index (χ3n) is 4.81. The van der Waals surface area contributed by atoms with E-state index in [-0.39, 0.29) is 36.6 Å². The number of nitrogens with two attached hydrogens (primary N) is 1. The van der Waals surface area contributed by atoms with Gasteiger partial charge in [0.1, 0.15) is 5.82 Å². The zero-order valence-corrected chi connectivity index (χ0v) is 17.1. The lowest BCUT2D eigenvalue weighted by Crippen LogP contribution is -2.47. The molecule has 1 saturated heterocycles. The number of ether oxygens (including phenoxy) is 1. The average molecular weight is 415 g/mol. The first kappa shape index (κ1) is 23.4. The highest BCUT2D eigenvalue weighted by Crippen LogP contribution is 2.19. The topological polar surface area (TPSA) is 73.4 Å². The van der Waals surface area contributed by atoms with Crippen LogP contribution in [0.25, 0.3) is 0 Å². The van der Waals surface area contributed by atoms with Crippen molar-refractivity contribution in [3.8, 4) is 0 Å². The quantitative estimate of drug-likeness (QED) is 0.787. The predicted molar refractivity (Wildman–Crippen MR) is 110 cm³/mol. The largest absolute Gasteiger partial charge is 0.381 e. The third kappa shape index (κ3) is 6.21. The molecule has 0 bridgehead atoms. The third-order valence-corrected chi connectivity index (χ3v) is 4.81. The molecule has 8 heteroatoms. The SMILES string of the molecule is CN(Cc1nccn1Cc1ccccc1)C(=O)C(N)C1CCOCC1.Cl.Cl. The molecule has 1 aliphatic rings. The van der Waals surface area contributed by atoms with Crippen molar-refractivity contribution in [3.63, 3.8) is 0 Å². The minimum atomic E-state index is -0.466. The van der Waals surface area contributed by atoms with Gasteiger partial charge in [0.2, 0.25) is 5.91 Å². The smallest absolute Gasteiger partial charge is 0.239 e. The Labute approximate surface area is 172 Å². The van der Waals surface area contributed by atoms with Crippen LogP contribution in [0, 0.1) is 5.92 Å². The summed E-state index contributed by atoms with van der Waals surface area (Å²) >= 11 is 0. The molecule has 0 saturated carbocycles. The highest BCUT2D eigenvalue weighted by molar-refractivity contribution is 5.85. The molecule has 27 heavy (non-hydrogen) atoms. The fourth-order valence-electron chi connectivity index (χ4n) is 3.24. The number of amides is 1. The number of benzene rings is 1. The van der Waals surface area contributed by atoms with Gasteiger partial charge in [-0.25, -0.2) is 4.98 Å². The van der Waals surface area contributed by atoms with Crippen LogP contribution in [0.5, 0.6) is 0 Å². The number of carbonyl (C=O) groups is 1. The van der Waals surface area contributed by atoms with Crippen LogP contribution in [0.15, 0.2) is 42.7 Å². The van der Waals surface area contributed by atoms with E-state index in [1.165, 1.54) is 5.56 Å². The summed E-state index contributed by atoms with van der Waals surface area (Å²) in [5, 5.41) is 0. The highest BCUT2D eigenvalue weighted by Gasteiger charge is 2.29. The van der Waals surface area contributed by atoms with Crippen molar-refractivity contribution in [3.05, 3.63) is 54.1 Å². The van der Waals surface area contributed by atoms with Crippen LogP contribution in [-0.4, -0.2) is 46.7 Å². The minimum absolute atomic E-state index is 0. The average Bonchev–Trinajstić information content (AvgIpc) is 3.08. The summed E-state index contributed by atoms with van der Waals surface area (Å²) in [5.41, 5.74) is 7.41. The van der Waals surface area contributed by atoms with Crippen molar-refractivity contribution < 1.29 is 9.53 Å². The van der Waals surface area contributed by atoms with E-state index in [1.807, 2.05) is 24.4 Å². The number of hydrogen-bond donors (Lipinski definition) is 1. The van der Waals surface area contributed by atoms with Crippen LogP contribution < -0.4 is 5.73 Å². The highest BCUT2D eigenvalue weighted by atomic mass is 35.5. The van der Waals surface area contributed by atoms with E-state index in [9.17, 15) is 4.79 Å². The second-order valence-corrected chi connectivity index (χ2v) is 6.63. The molecule has 0 spiro atoms. The van der Waals surface area contributed by atoms with Crippen molar-refractivity contribution in [1.82, 2.24) is 14.5 Å². The molecule has 2 N–H and O–H groups in total. The lowest BCUT2D eigenvalue weighted by Gasteiger charge is -2.29. The number of carbonyl (C=O) groups excluding carboxylic acids is 1. The second-order valence-electron chi connectivity index (χ2n) is 6.63. The standard InChI is InChI=1S/C19H26N4O2.2ClH/c1-22(19(24)18(20)16-7-11-25-12-8-16)14-17-21-9-10-23(17)13-15-5-3-2-4-6-15;;/h2-6,9-10,16,18H,7-8,11-14,20H2,1H3;2*1H. The molecule has 150 valence electrons. The molecule has 1 aromatic heterocycles. The van der Waals surface area contributed by atoms with Gasteiger partial charge in [0.25, 0.3) is 0 Å². The van der Waals surface area contributed by atoms with Crippen molar-refractivity contribution in [2.24, 2.45) is 11.7 Å². The lowest BCUT2D eigenvalue weighted by molar-refractivity contribution is -0.134. The summed E-state index contributed by atoms with van der Waals surface area (Å²) in [4.78, 5) is 18.8. The van der Waals surface area contributed by atoms with Gasteiger partial charge in [-0.1, -0.05) is 30.3 Å². The summed E-state index contributed by atoms with van der Waals surface area (Å²) < 4.78 is 7.42. The first-order valence-corrected chi connectivity index (χ1v) is 8.77. The fourth-order valence-corrected chi connectivity index (χ4v) is 3.24. The number of likely N-dealkylation sites (N-methyl/N-ethyl adjacent to an activating group) is 1. The molecular formula is C19H28Cl2N4O2. The van der Waals surface area contributed by atoms with Crippen molar-refractivity contribution in [1.29, 1.82) is 0 Å². The molecule has 1 aromatic carbocycles. The Morgan fingerprint density at radius 3 is 2.63 bits per heavy atom. The summed E-state index contributed by atoms with van der Waals surface area (Å²) in [6, 6.07) is 9.75. The first-order valence-electron chi connectivity index (χ1n) is 8.77. The van der Waals surface area contributed by atoms with Crippen LogP contribution in [-0.2, 0) is 22.6 Å². The molecule has 1 fully saturated rings. The first-order chi connectivity index (χ1) is 12.1. The van der Waals surface area contributed by atoms with E-state index in [1.54, 1.807) is 18.1 Å². The van der Waals surface area contributed by atoms with E-state index >= 15 is 0 Å². The van der Waals surface area contributed by atoms with Crippen molar-refractivity contribution in [2.45, 2.75) is 32.0 Å². The zero-order valence-electron chi connectivity index (χ0n) is 15.5. The van der Waals surface area contributed by atoms with Crippen LogP contribution in [0.3, 0.4) is 0 Å². The molecule has 1 amide bonds. The van der Waals surface area contributed by atoms with Gasteiger partial charge in [0.15, 0.2) is 0 Å². The number of hydrogen-bond acceptors (Lipinski definition) is 4. The molecule has 3 rings (SSSR count). The number of halogens is 2. The van der Waals surface area contributed by atoms with E-state index in [2.05, 4.69) is 21.7 Å². The van der Waals surface area contributed by atoms with E-state index in [0.717, 1.165) is 25.2 Å². The Kier molecular flexibility index (Phi) is 9.80. The monoisotopic (exact) mass is 414 g/mol. The van der Waals surface area contributed by atoms with Crippen LogP contribution in [0.2, 0.25) is 0 Å². The molecule has 1 atom stereocenters. The van der Waals surface area contributed by atoms with E-state index in [0.29, 0.717) is 19.8 Å². The second kappa shape index (κ2) is 11.3. The molecular weight excluding hydrogens is 387 g/mol. The lowest BCUT2D eigenvalue weighted by atomic mass is 9.91. The zero-order chi connectivity index (χ0) is 17.6. The summed E-state index contributed by atoms with van der Waals surface area (Å²) in [7, 11) is 1.79. The van der Waals surface area contributed by atoms with Gasteiger partial charge in [-0.2, -0.15) is 0 Å². The molecule has 1 aliphatic heterocycles. The normalized spacial score (nSPS) is 15.3. The maximum atomic E-state index is 12.7. The number of rotatable bonds is 6. The summed E-state index contributed by atoms with van der Waals surface area (Å²) in [5.74, 6) is 1.04. The number of aromatic nitrogens is 2. The Morgan fingerprint density at radius 2 is 1.96 bits per heavy atom. The minimum Gasteiger partial charge on any atom is -0.381 e. The van der Waals surface area contributed by atoms with Crippen molar-refractivity contribution >= 4 is 30.7 Å². The summed E-state index contributed by atoms with van der Waals surface area (Å²) in [6.45, 7) is 2.58. The molecule has 2 aromatic rings. The van der Waals surface area contributed by atoms with Gasteiger partial charge < -0.3 is 19.9 Å². The Morgan fingerprint density at radius 1 is 1.30 bits per heavy atom. The van der Waals surface area contributed by atoms with E-state index < -0.39 is 6.04 Å². The molecule has 6 nitrogen and oxygen atoms in total. The van der Waals surface area contributed by atoms with Gasteiger partial charge in [-0.15, -0.1) is 24.8 Å². The van der Waals surface area contributed by atoms with Gasteiger partial charge >= 0.3 is 0 Å². The Bertz CT molecular complexity index is 690. The van der Waals surface area contributed by atoms with Crippen molar-refractivity contribution in [2.75, 3.05) is 20.3 Å². The van der Waals surface area contributed by atoms with Gasteiger partial charge in [-0.3, -0.25) is 4.79 Å². The maximum absolute atomic E-state index is 12.7. The van der Waals surface area contributed by atoms with E-state index in [4.69, 9.17) is 10.5 Å². The van der Waals surface area contributed by atoms with Gasteiger partial charge in [0.05, 0.1) is 12.6 Å². The van der Waals surface area contributed by atoms with Crippen LogP contribution in [0.4, 0.5) is 0 Å². The van der Waals surface area contributed by atoms with Crippen LogP contribution in [0.1, 0.15) is 24.2 Å².